The minimum absolute atomic E-state index is 0.0251. The summed E-state index contributed by atoms with van der Waals surface area (Å²) < 4.78 is 66.1. The lowest BCUT2D eigenvalue weighted by atomic mass is 10.1. The van der Waals surface area contributed by atoms with Crippen LogP contribution < -0.4 is 5.32 Å². The number of nitrogens with one attached hydrogen (secondary N) is 1. The highest BCUT2D eigenvalue weighted by molar-refractivity contribution is 7.89. The molecule has 1 N–H and O–H groups in total. The SMILES string of the molecule is CCc1nc2ccc(C)cn2c1C(=O)NCc1ccc(-c2cc3n(n2)CCN(S(=O)(=O)C(F)(F)F)C3)cc1. The summed E-state index contributed by atoms with van der Waals surface area (Å²) in [7, 11) is -5.40. The number of hydrogen-bond donors (Lipinski definition) is 1. The maximum atomic E-state index is 13.0. The van der Waals surface area contributed by atoms with Crippen molar-refractivity contribution in [1.82, 2.24) is 28.8 Å². The van der Waals surface area contributed by atoms with E-state index in [1.54, 1.807) is 22.6 Å². The topological polar surface area (TPSA) is 102 Å². The van der Waals surface area contributed by atoms with Crippen LogP contribution in [0.15, 0.2) is 48.7 Å². The quantitative estimate of drug-likeness (QED) is 0.398. The zero-order valence-corrected chi connectivity index (χ0v) is 21.5. The Morgan fingerprint density at radius 2 is 1.84 bits per heavy atom. The third kappa shape index (κ3) is 4.67. The van der Waals surface area contributed by atoms with Crippen LogP contribution in [0.4, 0.5) is 13.2 Å². The van der Waals surface area contributed by atoms with Crippen molar-refractivity contribution in [2.24, 2.45) is 0 Å². The van der Waals surface area contributed by atoms with Crippen molar-refractivity contribution in [2.45, 2.75) is 45.4 Å². The van der Waals surface area contributed by atoms with Crippen molar-refractivity contribution in [1.29, 1.82) is 0 Å². The molecule has 4 aromatic rings. The van der Waals surface area contributed by atoms with E-state index in [2.05, 4.69) is 15.4 Å². The third-order valence-electron chi connectivity index (χ3n) is 6.49. The Morgan fingerprint density at radius 3 is 2.53 bits per heavy atom. The molecule has 1 amide bonds. The number of pyridine rings is 1. The predicted molar refractivity (Wildman–Crippen MR) is 134 cm³/mol. The lowest BCUT2D eigenvalue weighted by Gasteiger charge is -2.27. The van der Waals surface area contributed by atoms with Gasteiger partial charge in [0.2, 0.25) is 0 Å². The maximum Gasteiger partial charge on any atom is 0.511 e. The molecule has 0 aliphatic carbocycles. The summed E-state index contributed by atoms with van der Waals surface area (Å²) in [5, 5.41) is 7.37. The number of benzene rings is 1. The second-order valence-electron chi connectivity index (χ2n) is 9.10. The molecule has 200 valence electrons. The maximum absolute atomic E-state index is 13.0. The van der Waals surface area contributed by atoms with Gasteiger partial charge in [0, 0.05) is 24.8 Å². The molecule has 0 saturated carbocycles. The second-order valence-corrected chi connectivity index (χ2v) is 11.0. The number of sulfonamides is 1. The number of aromatic nitrogens is 4. The van der Waals surface area contributed by atoms with Gasteiger partial charge >= 0.3 is 15.5 Å². The Morgan fingerprint density at radius 1 is 1.11 bits per heavy atom. The van der Waals surface area contributed by atoms with E-state index in [1.165, 1.54) is 4.68 Å². The van der Waals surface area contributed by atoms with Crippen molar-refractivity contribution in [3.8, 4) is 11.3 Å². The minimum atomic E-state index is -5.40. The van der Waals surface area contributed by atoms with Gasteiger partial charge in [-0.15, -0.1) is 0 Å². The number of imidazole rings is 1. The molecule has 0 radical (unpaired) electrons. The molecule has 1 aliphatic rings. The monoisotopic (exact) mass is 546 g/mol. The predicted octanol–water partition coefficient (Wildman–Crippen LogP) is 3.66. The number of aryl methyl sites for hydroxylation is 2. The first kappa shape index (κ1) is 25.9. The Balaban J connectivity index is 1.28. The smallest absolute Gasteiger partial charge is 0.347 e. The molecule has 13 heteroatoms. The van der Waals surface area contributed by atoms with Gasteiger partial charge in [-0.2, -0.15) is 22.6 Å². The van der Waals surface area contributed by atoms with Gasteiger partial charge in [-0.1, -0.05) is 37.3 Å². The lowest BCUT2D eigenvalue weighted by Crippen LogP contribution is -2.44. The Labute approximate surface area is 216 Å². The number of rotatable bonds is 6. The van der Waals surface area contributed by atoms with Gasteiger partial charge < -0.3 is 5.32 Å². The number of hydrogen-bond acceptors (Lipinski definition) is 5. The standard InChI is InChI=1S/C25H25F3N6O3S/c1-3-20-23(33-14-16(2)4-9-22(33)30-20)24(35)29-13-17-5-7-18(8-6-17)21-12-19-15-32(10-11-34(19)31-21)38(36,37)25(26,27)28/h4-9,12,14H,3,10-11,13,15H2,1-2H3,(H,29,35). The summed E-state index contributed by atoms with van der Waals surface area (Å²) >= 11 is 0. The summed E-state index contributed by atoms with van der Waals surface area (Å²) in [5.41, 5.74) is 0.0737. The fourth-order valence-electron chi connectivity index (χ4n) is 4.48. The molecule has 1 aromatic carbocycles. The van der Waals surface area contributed by atoms with Gasteiger partial charge in [0.15, 0.2) is 0 Å². The highest BCUT2D eigenvalue weighted by Gasteiger charge is 2.50. The summed E-state index contributed by atoms with van der Waals surface area (Å²) in [6.45, 7) is 3.50. The number of carbonyl (C=O) groups is 1. The second kappa shape index (κ2) is 9.55. The number of alkyl halides is 3. The number of halogens is 3. The van der Waals surface area contributed by atoms with Crippen LogP contribution in [0.5, 0.6) is 0 Å². The van der Waals surface area contributed by atoms with Crippen molar-refractivity contribution in [3.05, 3.63) is 76.9 Å². The van der Waals surface area contributed by atoms with Crippen molar-refractivity contribution in [3.63, 3.8) is 0 Å². The van der Waals surface area contributed by atoms with Crippen molar-refractivity contribution < 1.29 is 26.4 Å². The van der Waals surface area contributed by atoms with E-state index in [1.807, 2.05) is 44.3 Å². The molecule has 3 aromatic heterocycles. The zero-order valence-electron chi connectivity index (χ0n) is 20.7. The minimum Gasteiger partial charge on any atom is -0.347 e. The van der Waals surface area contributed by atoms with Gasteiger partial charge in [-0.25, -0.2) is 13.4 Å². The van der Waals surface area contributed by atoms with Crippen molar-refractivity contribution in [2.75, 3.05) is 6.54 Å². The van der Waals surface area contributed by atoms with E-state index >= 15 is 0 Å². The Bertz CT molecular complexity index is 1620. The molecule has 0 unspecified atom stereocenters. The summed E-state index contributed by atoms with van der Waals surface area (Å²) in [6.07, 6.45) is 2.50. The van der Waals surface area contributed by atoms with Crippen molar-refractivity contribution >= 4 is 21.6 Å². The molecule has 0 spiro atoms. The number of carbonyl (C=O) groups excluding carboxylic acids is 1. The third-order valence-corrected chi connectivity index (χ3v) is 8.06. The van der Waals surface area contributed by atoms with Crippen LogP contribution in [0.25, 0.3) is 16.9 Å². The van der Waals surface area contributed by atoms with E-state index in [0.29, 0.717) is 39.1 Å². The highest BCUT2D eigenvalue weighted by atomic mass is 32.2. The first-order valence-electron chi connectivity index (χ1n) is 12.0. The van der Waals surface area contributed by atoms with Gasteiger partial charge in [0.05, 0.1) is 30.2 Å². The van der Waals surface area contributed by atoms with Crippen LogP contribution in [0.3, 0.4) is 0 Å². The van der Waals surface area contributed by atoms with E-state index < -0.39 is 22.1 Å². The Kier molecular flexibility index (Phi) is 6.51. The fourth-order valence-corrected chi connectivity index (χ4v) is 5.40. The zero-order chi connectivity index (χ0) is 27.2. The summed E-state index contributed by atoms with van der Waals surface area (Å²) in [4.78, 5) is 17.6. The number of amides is 1. The molecular weight excluding hydrogens is 521 g/mol. The van der Waals surface area contributed by atoms with E-state index in [-0.39, 0.29) is 25.5 Å². The van der Waals surface area contributed by atoms with Crippen LogP contribution in [0.2, 0.25) is 0 Å². The van der Waals surface area contributed by atoms with Gasteiger partial charge in [0.1, 0.15) is 11.3 Å². The fraction of sp³-hybridized carbons (Fsp3) is 0.320. The van der Waals surface area contributed by atoms with Crippen LogP contribution in [0, 0.1) is 6.92 Å². The molecule has 0 atom stereocenters. The summed E-state index contributed by atoms with van der Waals surface area (Å²) in [6, 6.07) is 12.7. The normalized spacial score (nSPS) is 14.6. The van der Waals surface area contributed by atoms with Gasteiger partial charge in [0.25, 0.3) is 5.91 Å². The average molecular weight is 547 g/mol. The van der Waals surface area contributed by atoms with E-state index in [9.17, 15) is 26.4 Å². The molecule has 1 aliphatic heterocycles. The van der Waals surface area contributed by atoms with E-state index in [4.69, 9.17) is 0 Å². The molecule has 5 rings (SSSR count). The largest absolute Gasteiger partial charge is 0.511 e. The van der Waals surface area contributed by atoms with E-state index in [0.717, 1.165) is 16.7 Å². The molecule has 0 saturated heterocycles. The van der Waals surface area contributed by atoms with Crippen LogP contribution >= 0.6 is 0 Å². The molecule has 4 heterocycles. The number of nitrogens with zero attached hydrogens (tertiary/aromatic N) is 5. The molecule has 9 nitrogen and oxygen atoms in total. The Hall–Kier alpha value is -3.71. The van der Waals surface area contributed by atoms with Crippen LogP contribution in [0.1, 0.15) is 39.9 Å². The number of fused-ring (bicyclic) bond motifs is 2. The van der Waals surface area contributed by atoms with Gasteiger partial charge in [-0.3, -0.25) is 13.9 Å². The molecule has 0 bridgehead atoms. The van der Waals surface area contributed by atoms with Crippen LogP contribution in [-0.2, 0) is 36.1 Å². The molecular formula is C25H25F3N6O3S. The summed E-state index contributed by atoms with van der Waals surface area (Å²) in [5.74, 6) is -0.232. The highest BCUT2D eigenvalue weighted by Crippen LogP contribution is 2.30. The van der Waals surface area contributed by atoms with Crippen LogP contribution in [-0.4, -0.2) is 49.8 Å². The molecule has 38 heavy (non-hydrogen) atoms. The lowest BCUT2D eigenvalue weighted by molar-refractivity contribution is -0.0496. The average Bonchev–Trinajstić information content (AvgIpc) is 3.47. The van der Waals surface area contributed by atoms with Gasteiger partial charge in [-0.05, 0) is 36.6 Å². The first-order valence-corrected chi connectivity index (χ1v) is 13.4. The molecule has 0 fully saturated rings. The first-order chi connectivity index (χ1) is 18.0.